The van der Waals surface area contributed by atoms with Crippen LogP contribution in [0.3, 0.4) is 0 Å². The number of nitro groups is 1. The lowest BCUT2D eigenvalue weighted by Gasteiger charge is -2.28. The van der Waals surface area contributed by atoms with E-state index in [0.29, 0.717) is 30.0 Å². The van der Waals surface area contributed by atoms with Gasteiger partial charge in [-0.05, 0) is 37.2 Å². The number of carbonyl (C=O) groups is 2. The first-order chi connectivity index (χ1) is 17.3. The van der Waals surface area contributed by atoms with Crippen LogP contribution in [0.1, 0.15) is 50.8 Å². The van der Waals surface area contributed by atoms with Crippen molar-refractivity contribution in [3.8, 4) is 5.75 Å². The molecule has 0 radical (unpaired) electrons. The summed E-state index contributed by atoms with van der Waals surface area (Å²) in [5.41, 5.74) is 0.472. The molecule has 192 valence electrons. The predicted molar refractivity (Wildman–Crippen MR) is 137 cm³/mol. The van der Waals surface area contributed by atoms with Gasteiger partial charge in [-0.2, -0.15) is 0 Å². The van der Waals surface area contributed by atoms with Gasteiger partial charge in [-0.25, -0.2) is 0 Å². The van der Waals surface area contributed by atoms with E-state index in [1.807, 2.05) is 13.8 Å². The smallest absolute Gasteiger partial charge is 0.295 e. The van der Waals surface area contributed by atoms with E-state index in [-0.39, 0.29) is 23.6 Å². The molecule has 1 saturated heterocycles. The second-order valence-electron chi connectivity index (χ2n) is 8.60. The number of ether oxygens (including phenoxy) is 1. The van der Waals surface area contributed by atoms with E-state index in [1.54, 1.807) is 30.3 Å². The van der Waals surface area contributed by atoms with Gasteiger partial charge in [-0.1, -0.05) is 51.5 Å². The summed E-state index contributed by atoms with van der Waals surface area (Å²) in [7, 11) is 0. The van der Waals surface area contributed by atoms with Crippen molar-refractivity contribution in [2.75, 3.05) is 32.8 Å². The minimum atomic E-state index is -0.954. The molecule has 1 N–H and O–H groups in total. The molecule has 2 aromatic carbocycles. The van der Waals surface area contributed by atoms with Gasteiger partial charge in [0.15, 0.2) is 0 Å². The topological polar surface area (TPSA) is 113 Å². The molecular weight excluding hydrogens is 462 g/mol. The predicted octanol–water partition coefficient (Wildman–Crippen LogP) is 4.54. The fourth-order valence-corrected chi connectivity index (χ4v) is 4.28. The number of benzene rings is 2. The molecule has 36 heavy (non-hydrogen) atoms. The van der Waals surface area contributed by atoms with Crippen LogP contribution in [0, 0.1) is 10.1 Å². The van der Waals surface area contributed by atoms with E-state index in [2.05, 4.69) is 11.8 Å². The highest BCUT2D eigenvalue weighted by Crippen LogP contribution is 2.40. The quantitative estimate of drug-likeness (QED) is 0.115. The van der Waals surface area contributed by atoms with Gasteiger partial charge < -0.3 is 19.6 Å². The second-order valence-corrected chi connectivity index (χ2v) is 8.60. The number of aliphatic hydroxyl groups is 1. The minimum Gasteiger partial charge on any atom is -0.507 e. The van der Waals surface area contributed by atoms with Crippen LogP contribution in [0.25, 0.3) is 5.76 Å². The summed E-state index contributed by atoms with van der Waals surface area (Å²) in [6, 6.07) is 11.6. The third-order valence-electron chi connectivity index (χ3n) is 6.36. The number of nitro benzene ring substituents is 1. The van der Waals surface area contributed by atoms with E-state index >= 15 is 0 Å². The number of unbranched alkanes of at least 4 members (excludes halogenated alkanes) is 1. The first-order valence-electron chi connectivity index (χ1n) is 12.3. The van der Waals surface area contributed by atoms with Crippen molar-refractivity contribution in [2.24, 2.45) is 0 Å². The number of likely N-dealkylation sites (N-methyl/N-ethyl adjacent to an activating group) is 1. The molecule has 1 unspecified atom stereocenters. The number of amides is 1. The molecule has 1 aliphatic heterocycles. The third-order valence-corrected chi connectivity index (χ3v) is 6.36. The maximum absolute atomic E-state index is 13.2. The zero-order valence-electron chi connectivity index (χ0n) is 21.0. The van der Waals surface area contributed by atoms with Gasteiger partial charge in [-0.3, -0.25) is 19.7 Å². The molecule has 1 heterocycles. The average molecular weight is 496 g/mol. The number of ketones is 1. The minimum absolute atomic E-state index is 0.0919. The Hall–Kier alpha value is -3.72. The normalized spacial score (nSPS) is 17.1. The number of carbonyl (C=O) groups excluding carboxylic acids is 2. The second kappa shape index (κ2) is 12.3. The largest absolute Gasteiger partial charge is 0.507 e. The van der Waals surface area contributed by atoms with Crippen LogP contribution in [0.5, 0.6) is 5.75 Å². The molecular formula is C27H33N3O6. The van der Waals surface area contributed by atoms with Crippen molar-refractivity contribution in [3.05, 3.63) is 75.3 Å². The highest BCUT2D eigenvalue weighted by Gasteiger charge is 2.46. The van der Waals surface area contributed by atoms with Crippen molar-refractivity contribution >= 4 is 23.1 Å². The van der Waals surface area contributed by atoms with E-state index in [0.717, 1.165) is 25.9 Å². The summed E-state index contributed by atoms with van der Waals surface area (Å²) in [5.74, 6) is -1.36. The monoisotopic (exact) mass is 495 g/mol. The van der Waals surface area contributed by atoms with Gasteiger partial charge in [0.1, 0.15) is 11.5 Å². The maximum atomic E-state index is 13.2. The number of rotatable bonds is 12. The van der Waals surface area contributed by atoms with E-state index in [4.69, 9.17) is 4.74 Å². The standard InChI is InChI=1S/C27H33N3O6/c1-4-7-16-36-22-13-9-11-20(18-22)25(31)23-24(19-10-8-12-21(17-19)30(34)35)29(27(33)26(23)32)15-14-28(5-2)6-3/h8-13,17-18,24,31H,4-7,14-16H2,1-3H3. The number of nitrogens with zero attached hydrogens (tertiary/aromatic N) is 3. The molecule has 0 bridgehead atoms. The van der Waals surface area contributed by atoms with E-state index < -0.39 is 22.7 Å². The molecule has 1 fully saturated rings. The molecule has 3 rings (SSSR count). The first kappa shape index (κ1) is 26.9. The first-order valence-corrected chi connectivity index (χ1v) is 12.3. The lowest BCUT2D eigenvalue weighted by Crippen LogP contribution is -2.38. The molecule has 0 saturated carbocycles. The molecule has 0 aromatic heterocycles. The Morgan fingerprint density at radius 1 is 1.11 bits per heavy atom. The van der Waals surface area contributed by atoms with Crippen molar-refractivity contribution in [2.45, 2.75) is 39.7 Å². The SMILES string of the molecule is CCCCOc1cccc(C(O)=C2C(=O)C(=O)N(CCN(CC)CC)C2c2cccc([N+](=O)[O-])c2)c1. The Morgan fingerprint density at radius 2 is 1.83 bits per heavy atom. The Morgan fingerprint density at radius 3 is 2.50 bits per heavy atom. The van der Waals surface area contributed by atoms with Gasteiger partial charge in [0.2, 0.25) is 0 Å². The Balaban J connectivity index is 2.09. The van der Waals surface area contributed by atoms with Crippen LogP contribution in [0.2, 0.25) is 0 Å². The maximum Gasteiger partial charge on any atom is 0.295 e. The fourth-order valence-electron chi connectivity index (χ4n) is 4.28. The molecule has 0 spiro atoms. The molecule has 1 amide bonds. The molecule has 1 atom stereocenters. The van der Waals surface area contributed by atoms with Crippen LogP contribution >= 0.6 is 0 Å². The van der Waals surface area contributed by atoms with Gasteiger partial charge in [0.05, 0.1) is 23.1 Å². The fraction of sp³-hybridized carbons (Fsp3) is 0.407. The van der Waals surface area contributed by atoms with E-state index in [9.17, 15) is 24.8 Å². The molecule has 0 aliphatic carbocycles. The van der Waals surface area contributed by atoms with Crippen molar-refractivity contribution < 1.29 is 24.4 Å². The Kier molecular flexibility index (Phi) is 9.19. The number of hydrogen-bond acceptors (Lipinski definition) is 7. The highest BCUT2D eigenvalue weighted by atomic mass is 16.6. The molecule has 1 aliphatic rings. The van der Waals surface area contributed by atoms with Gasteiger partial charge in [0.25, 0.3) is 17.4 Å². The zero-order chi connectivity index (χ0) is 26.2. The number of non-ortho nitro benzene ring substituents is 1. The summed E-state index contributed by atoms with van der Waals surface area (Å²) in [4.78, 5) is 40.8. The van der Waals surface area contributed by atoms with Crippen LogP contribution in [0.15, 0.2) is 54.1 Å². The average Bonchev–Trinajstić information content (AvgIpc) is 3.14. The lowest BCUT2D eigenvalue weighted by molar-refractivity contribution is -0.384. The summed E-state index contributed by atoms with van der Waals surface area (Å²) in [6.07, 6.45) is 1.85. The van der Waals surface area contributed by atoms with Gasteiger partial charge >= 0.3 is 0 Å². The number of hydrogen-bond donors (Lipinski definition) is 1. The van der Waals surface area contributed by atoms with Crippen molar-refractivity contribution in [3.63, 3.8) is 0 Å². The zero-order valence-corrected chi connectivity index (χ0v) is 21.0. The van der Waals surface area contributed by atoms with Gasteiger partial charge in [0, 0.05) is 30.8 Å². The highest BCUT2D eigenvalue weighted by molar-refractivity contribution is 6.46. The van der Waals surface area contributed by atoms with Crippen molar-refractivity contribution in [1.29, 1.82) is 0 Å². The molecule has 9 heteroatoms. The summed E-state index contributed by atoms with van der Waals surface area (Å²) in [6.45, 7) is 8.88. The van der Waals surface area contributed by atoms with Crippen LogP contribution < -0.4 is 4.74 Å². The van der Waals surface area contributed by atoms with Crippen molar-refractivity contribution in [1.82, 2.24) is 9.80 Å². The van der Waals surface area contributed by atoms with Crippen LogP contribution in [0.4, 0.5) is 5.69 Å². The Bertz CT molecular complexity index is 1140. The van der Waals surface area contributed by atoms with Crippen LogP contribution in [-0.4, -0.2) is 64.3 Å². The molecule has 9 nitrogen and oxygen atoms in total. The number of aliphatic hydroxyl groups excluding tert-OH is 1. The summed E-state index contributed by atoms with van der Waals surface area (Å²) >= 11 is 0. The van der Waals surface area contributed by atoms with Crippen LogP contribution in [-0.2, 0) is 9.59 Å². The van der Waals surface area contributed by atoms with Gasteiger partial charge in [-0.15, -0.1) is 0 Å². The Labute approximate surface area is 211 Å². The molecule has 2 aromatic rings. The third kappa shape index (κ3) is 5.91. The summed E-state index contributed by atoms with van der Waals surface area (Å²) < 4.78 is 5.74. The van der Waals surface area contributed by atoms with E-state index in [1.165, 1.54) is 23.1 Å². The lowest BCUT2D eigenvalue weighted by atomic mass is 9.95. The summed E-state index contributed by atoms with van der Waals surface area (Å²) in [5, 5.41) is 22.7. The number of Topliss-reactive ketones (excluding diaryl/α,β-unsaturated/α-hetero) is 1. The number of likely N-dealkylation sites (tertiary alicyclic amines) is 1.